The van der Waals surface area contributed by atoms with Gasteiger partial charge in [-0.15, -0.1) is 0 Å². The van der Waals surface area contributed by atoms with Crippen molar-refractivity contribution in [3.8, 4) is 11.3 Å². The maximum absolute atomic E-state index is 12.1. The molecule has 0 aliphatic heterocycles. The summed E-state index contributed by atoms with van der Waals surface area (Å²) >= 11 is 6.05. The molecule has 3 rings (SSSR count). The van der Waals surface area contributed by atoms with E-state index in [4.69, 9.17) is 11.6 Å². The van der Waals surface area contributed by atoms with Crippen LogP contribution in [0.15, 0.2) is 48.5 Å². The van der Waals surface area contributed by atoms with Crippen molar-refractivity contribution in [1.82, 2.24) is 9.47 Å². The fourth-order valence-corrected chi connectivity index (χ4v) is 3.58. The number of carboxylic acid groups (broad SMARTS) is 1. The Hall–Kier alpha value is -2.30. The number of hydrogen-bond acceptors (Lipinski definition) is 2. The number of likely N-dealkylation sites (N-methyl/N-ethyl adjacent to an activating group) is 1. The number of nitrogens with zero attached hydrogens (tertiary/aromatic N) is 2. The zero-order valence-electron chi connectivity index (χ0n) is 15.1. The zero-order valence-corrected chi connectivity index (χ0v) is 15.8. The second-order valence-electron chi connectivity index (χ2n) is 6.23. The average molecular weight is 371 g/mol. The molecule has 5 heteroatoms. The summed E-state index contributed by atoms with van der Waals surface area (Å²) in [4.78, 5) is 14.4. The van der Waals surface area contributed by atoms with E-state index in [1.165, 1.54) is 0 Å². The molecule has 0 radical (unpaired) electrons. The minimum atomic E-state index is -0.902. The Morgan fingerprint density at radius 3 is 2.23 bits per heavy atom. The van der Waals surface area contributed by atoms with Crippen molar-refractivity contribution in [2.45, 2.75) is 20.4 Å². The monoisotopic (exact) mass is 370 g/mol. The van der Waals surface area contributed by atoms with Crippen molar-refractivity contribution >= 4 is 28.3 Å². The van der Waals surface area contributed by atoms with Crippen LogP contribution in [0.1, 0.15) is 24.3 Å². The molecule has 0 unspecified atom stereocenters. The molecule has 0 aliphatic rings. The number of hydrogen-bond donors (Lipinski definition) is 1. The molecule has 0 atom stereocenters. The largest absolute Gasteiger partial charge is 0.477 e. The van der Waals surface area contributed by atoms with Crippen molar-refractivity contribution < 1.29 is 9.90 Å². The Morgan fingerprint density at radius 2 is 1.65 bits per heavy atom. The van der Waals surface area contributed by atoms with E-state index in [9.17, 15) is 9.90 Å². The SMILES string of the molecule is CCN(CC)CCn1c(C(=O)O)c2ccccc2c1-c1ccc(Cl)cc1. The molecule has 0 fully saturated rings. The first-order valence-electron chi connectivity index (χ1n) is 8.89. The van der Waals surface area contributed by atoms with Crippen molar-refractivity contribution in [3.05, 3.63) is 59.2 Å². The summed E-state index contributed by atoms with van der Waals surface area (Å²) in [6.45, 7) is 7.54. The molecule has 4 nitrogen and oxygen atoms in total. The summed E-state index contributed by atoms with van der Waals surface area (Å²) < 4.78 is 1.94. The summed E-state index contributed by atoms with van der Waals surface area (Å²) in [5.41, 5.74) is 2.25. The minimum absolute atomic E-state index is 0.345. The molecule has 1 heterocycles. The maximum atomic E-state index is 12.1. The molecule has 1 aromatic heterocycles. The van der Waals surface area contributed by atoms with Crippen LogP contribution in [0.5, 0.6) is 0 Å². The second kappa shape index (κ2) is 7.94. The van der Waals surface area contributed by atoms with E-state index in [1.807, 2.05) is 53.1 Å². The van der Waals surface area contributed by atoms with Crippen LogP contribution in [-0.2, 0) is 6.54 Å². The van der Waals surface area contributed by atoms with Crippen LogP contribution < -0.4 is 0 Å². The normalized spacial score (nSPS) is 11.4. The Morgan fingerprint density at radius 1 is 1.04 bits per heavy atom. The number of carboxylic acids is 1. The molecule has 0 spiro atoms. The molecule has 2 aromatic carbocycles. The molecule has 0 bridgehead atoms. The van der Waals surface area contributed by atoms with E-state index >= 15 is 0 Å². The summed E-state index contributed by atoms with van der Waals surface area (Å²) in [5.74, 6) is -0.902. The van der Waals surface area contributed by atoms with Gasteiger partial charge < -0.3 is 14.6 Å². The molecule has 3 aromatic rings. The highest BCUT2D eigenvalue weighted by molar-refractivity contribution is 6.30. The van der Waals surface area contributed by atoms with E-state index < -0.39 is 5.97 Å². The molecule has 0 amide bonds. The maximum Gasteiger partial charge on any atom is 0.353 e. The standard InChI is InChI=1S/C21H23ClN2O2/c1-3-23(4-2)13-14-24-19(15-9-11-16(22)12-10-15)17-7-5-6-8-18(17)20(24)21(25)26/h5-12H,3-4,13-14H2,1-2H3,(H,25,26). The number of aromatic carboxylic acids is 1. The lowest BCUT2D eigenvalue weighted by molar-refractivity contribution is 0.0687. The van der Waals surface area contributed by atoms with Gasteiger partial charge in [-0.1, -0.05) is 61.8 Å². The Balaban J connectivity index is 2.21. The van der Waals surface area contributed by atoms with Crippen LogP contribution in [-0.4, -0.2) is 40.2 Å². The van der Waals surface area contributed by atoms with Gasteiger partial charge in [0.1, 0.15) is 5.69 Å². The predicted octanol–water partition coefficient (Wildman–Crippen LogP) is 5.00. The van der Waals surface area contributed by atoms with E-state index in [2.05, 4.69) is 18.7 Å². The lowest BCUT2D eigenvalue weighted by Crippen LogP contribution is -2.28. The van der Waals surface area contributed by atoms with Gasteiger partial charge in [-0.2, -0.15) is 0 Å². The highest BCUT2D eigenvalue weighted by Gasteiger charge is 2.22. The highest BCUT2D eigenvalue weighted by Crippen LogP contribution is 2.34. The number of benzene rings is 2. The van der Waals surface area contributed by atoms with Gasteiger partial charge in [0.25, 0.3) is 0 Å². The van der Waals surface area contributed by atoms with Crippen molar-refractivity contribution in [3.63, 3.8) is 0 Å². The quantitative estimate of drug-likeness (QED) is 0.636. The summed E-state index contributed by atoms with van der Waals surface area (Å²) in [7, 11) is 0. The third kappa shape index (κ3) is 3.48. The van der Waals surface area contributed by atoms with Gasteiger partial charge in [0.15, 0.2) is 0 Å². The van der Waals surface area contributed by atoms with E-state index in [1.54, 1.807) is 0 Å². The van der Waals surface area contributed by atoms with Crippen molar-refractivity contribution in [2.75, 3.05) is 19.6 Å². The first-order chi connectivity index (χ1) is 12.6. The van der Waals surface area contributed by atoms with E-state index in [-0.39, 0.29) is 0 Å². The second-order valence-corrected chi connectivity index (χ2v) is 6.67. The number of halogens is 1. The van der Waals surface area contributed by atoms with Crippen LogP contribution >= 0.6 is 11.6 Å². The van der Waals surface area contributed by atoms with Crippen molar-refractivity contribution in [2.24, 2.45) is 0 Å². The third-order valence-electron chi connectivity index (χ3n) is 4.83. The van der Waals surface area contributed by atoms with Gasteiger partial charge in [-0.3, -0.25) is 0 Å². The molecule has 1 N–H and O–H groups in total. The van der Waals surface area contributed by atoms with E-state index in [0.717, 1.165) is 41.7 Å². The fraction of sp³-hybridized carbons (Fsp3) is 0.286. The number of carbonyl (C=O) groups is 1. The van der Waals surface area contributed by atoms with Gasteiger partial charge >= 0.3 is 5.97 Å². The Labute approximate surface area is 158 Å². The molecular formula is C21H23ClN2O2. The van der Waals surface area contributed by atoms with Crippen LogP contribution in [0.4, 0.5) is 0 Å². The molecule has 0 aliphatic carbocycles. The first-order valence-corrected chi connectivity index (χ1v) is 9.27. The van der Waals surface area contributed by atoms with Gasteiger partial charge in [0.2, 0.25) is 0 Å². The lowest BCUT2D eigenvalue weighted by atomic mass is 10.1. The van der Waals surface area contributed by atoms with E-state index in [0.29, 0.717) is 17.3 Å². The summed E-state index contributed by atoms with van der Waals surface area (Å²) in [5, 5.41) is 12.3. The predicted molar refractivity (Wildman–Crippen MR) is 107 cm³/mol. The topological polar surface area (TPSA) is 45.5 Å². The van der Waals surface area contributed by atoms with Gasteiger partial charge in [-0.25, -0.2) is 4.79 Å². The van der Waals surface area contributed by atoms with Crippen LogP contribution in [0.2, 0.25) is 5.02 Å². The third-order valence-corrected chi connectivity index (χ3v) is 5.08. The minimum Gasteiger partial charge on any atom is -0.477 e. The zero-order chi connectivity index (χ0) is 18.7. The van der Waals surface area contributed by atoms with Gasteiger partial charge in [0, 0.05) is 28.9 Å². The fourth-order valence-electron chi connectivity index (χ4n) is 3.45. The van der Waals surface area contributed by atoms with Crippen molar-refractivity contribution in [1.29, 1.82) is 0 Å². The van der Waals surface area contributed by atoms with Crippen LogP contribution in [0.3, 0.4) is 0 Å². The first kappa shape index (κ1) is 18.5. The molecule has 0 saturated heterocycles. The smallest absolute Gasteiger partial charge is 0.353 e. The number of rotatable bonds is 7. The average Bonchev–Trinajstić information content (AvgIpc) is 2.97. The molecule has 0 saturated carbocycles. The Kier molecular flexibility index (Phi) is 5.64. The highest BCUT2D eigenvalue weighted by atomic mass is 35.5. The summed E-state index contributed by atoms with van der Waals surface area (Å²) in [6.07, 6.45) is 0. The van der Waals surface area contributed by atoms with Gasteiger partial charge in [0.05, 0.1) is 5.69 Å². The van der Waals surface area contributed by atoms with Gasteiger partial charge in [-0.05, 0) is 30.8 Å². The molecule has 136 valence electrons. The van der Waals surface area contributed by atoms with Crippen LogP contribution in [0.25, 0.3) is 22.0 Å². The Bertz CT molecular complexity index is 912. The summed E-state index contributed by atoms with van der Waals surface area (Å²) in [6, 6.07) is 15.3. The number of fused-ring (bicyclic) bond motifs is 1. The number of aromatic nitrogens is 1. The molecular weight excluding hydrogens is 348 g/mol. The molecule has 26 heavy (non-hydrogen) atoms. The lowest BCUT2D eigenvalue weighted by Gasteiger charge is -2.20. The van der Waals surface area contributed by atoms with Crippen LogP contribution in [0, 0.1) is 0 Å².